The summed E-state index contributed by atoms with van der Waals surface area (Å²) in [5.41, 5.74) is 0.312. The molecule has 1 fully saturated rings. The largest absolute Gasteiger partial charge is 0.480 e. The number of carboxylic acid groups (broad SMARTS) is 1. The van der Waals surface area contributed by atoms with Crippen molar-refractivity contribution in [1.82, 2.24) is 9.97 Å². The monoisotopic (exact) mass is 262 g/mol. The van der Waals surface area contributed by atoms with Crippen molar-refractivity contribution in [2.24, 2.45) is 0 Å². The van der Waals surface area contributed by atoms with Crippen molar-refractivity contribution in [3.05, 3.63) is 18.1 Å². The summed E-state index contributed by atoms with van der Waals surface area (Å²) in [5, 5.41) is 17.5. The van der Waals surface area contributed by atoms with Crippen molar-refractivity contribution in [3.63, 3.8) is 0 Å². The van der Waals surface area contributed by atoms with Gasteiger partial charge in [0.1, 0.15) is 12.7 Å². The van der Waals surface area contributed by atoms with Gasteiger partial charge in [0.25, 0.3) is 0 Å². The van der Waals surface area contributed by atoms with Gasteiger partial charge in [-0.3, -0.25) is 0 Å². The van der Waals surface area contributed by atoms with Crippen LogP contribution in [-0.2, 0) is 9.53 Å². The third-order valence-corrected chi connectivity index (χ3v) is 2.97. The molecule has 100 valence electrons. The normalized spacial score (nSPS) is 16.1. The quantitative estimate of drug-likeness (QED) is 0.839. The Labute approximate surface area is 110 Å². The van der Waals surface area contributed by atoms with Gasteiger partial charge in [-0.15, -0.1) is 0 Å². The average Bonchev–Trinajstić information content (AvgIpc) is 2.45. The summed E-state index contributed by atoms with van der Waals surface area (Å²) < 4.78 is 5.26. The van der Waals surface area contributed by atoms with Crippen LogP contribution in [0.2, 0.25) is 0 Å². The Morgan fingerprint density at radius 2 is 2.16 bits per heavy atom. The number of rotatable bonds is 4. The molecule has 1 aromatic heterocycles. The smallest absolute Gasteiger partial charge is 0.329 e. The van der Waals surface area contributed by atoms with Gasteiger partial charge in [-0.25, -0.2) is 14.8 Å². The zero-order chi connectivity index (χ0) is 13.7. The lowest BCUT2D eigenvalue weighted by Gasteiger charge is -2.32. The lowest BCUT2D eigenvalue weighted by Crippen LogP contribution is -2.38. The van der Waals surface area contributed by atoms with Crippen molar-refractivity contribution in [3.8, 4) is 6.07 Å². The van der Waals surface area contributed by atoms with E-state index >= 15 is 0 Å². The van der Waals surface area contributed by atoms with Crippen LogP contribution in [0.5, 0.6) is 0 Å². The molecule has 0 aliphatic carbocycles. The van der Waals surface area contributed by atoms with E-state index in [-0.39, 0.29) is 12.7 Å². The molecule has 19 heavy (non-hydrogen) atoms. The molecule has 0 spiro atoms. The lowest BCUT2D eigenvalue weighted by atomic mass is 10.1. The second kappa shape index (κ2) is 6.11. The fourth-order valence-electron chi connectivity index (χ4n) is 2.06. The Kier molecular flexibility index (Phi) is 4.26. The lowest BCUT2D eigenvalue weighted by molar-refractivity contribution is -0.144. The second-order valence-electron chi connectivity index (χ2n) is 4.23. The van der Waals surface area contributed by atoms with E-state index in [4.69, 9.17) is 15.1 Å². The van der Waals surface area contributed by atoms with Crippen molar-refractivity contribution < 1.29 is 14.6 Å². The molecule has 0 saturated carbocycles. The number of aromatic nitrogens is 2. The third kappa shape index (κ3) is 3.39. The molecule has 1 saturated heterocycles. The molecule has 0 aromatic carbocycles. The van der Waals surface area contributed by atoms with Crippen LogP contribution in [-0.4, -0.2) is 46.8 Å². The molecule has 7 nitrogen and oxygen atoms in total. The van der Waals surface area contributed by atoms with Gasteiger partial charge in [0.15, 0.2) is 11.5 Å². The van der Waals surface area contributed by atoms with Crippen molar-refractivity contribution in [2.75, 3.05) is 24.6 Å². The van der Waals surface area contributed by atoms with Gasteiger partial charge >= 0.3 is 5.97 Å². The summed E-state index contributed by atoms with van der Waals surface area (Å²) >= 11 is 0. The summed E-state index contributed by atoms with van der Waals surface area (Å²) in [5.74, 6) is -0.371. The minimum absolute atomic E-state index is 0.0467. The van der Waals surface area contributed by atoms with Crippen LogP contribution in [0.4, 0.5) is 5.82 Å². The van der Waals surface area contributed by atoms with Gasteiger partial charge in [0.2, 0.25) is 0 Å². The van der Waals surface area contributed by atoms with Crippen molar-refractivity contribution in [2.45, 2.75) is 18.9 Å². The van der Waals surface area contributed by atoms with Crippen LogP contribution in [0.15, 0.2) is 12.4 Å². The number of carboxylic acids is 1. The first-order chi connectivity index (χ1) is 9.20. The number of nitriles is 1. The average molecular weight is 262 g/mol. The van der Waals surface area contributed by atoms with E-state index in [9.17, 15) is 4.79 Å². The number of hydrogen-bond acceptors (Lipinski definition) is 6. The van der Waals surface area contributed by atoms with Crippen LogP contribution in [0.3, 0.4) is 0 Å². The fraction of sp³-hybridized carbons (Fsp3) is 0.500. The maximum absolute atomic E-state index is 10.4. The first-order valence-electron chi connectivity index (χ1n) is 6.00. The van der Waals surface area contributed by atoms with E-state index < -0.39 is 5.97 Å². The number of anilines is 1. The van der Waals surface area contributed by atoms with Crippen molar-refractivity contribution in [1.29, 1.82) is 5.26 Å². The Morgan fingerprint density at radius 3 is 2.79 bits per heavy atom. The fourth-order valence-corrected chi connectivity index (χ4v) is 2.06. The molecule has 0 bridgehead atoms. The molecule has 1 N–H and O–H groups in total. The molecular formula is C12H14N4O3. The summed E-state index contributed by atoms with van der Waals surface area (Å²) in [7, 11) is 0. The molecule has 0 atom stereocenters. The molecule has 0 amide bonds. The van der Waals surface area contributed by atoms with E-state index in [0.29, 0.717) is 37.4 Å². The molecule has 0 unspecified atom stereocenters. The predicted octanol–water partition coefficient (Wildman–Crippen LogP) is 0.418. The van der Waals surface area contributed by atoms with E-state index in [1.54, 1.807) is 6.20 Å². The Hall–Kier alpha value is -2.20. The zero-order valence-electron chi connectivity index (χ0n) is 10.3. The molecule has 1 aliphatic heterocycles. The molecule has 2 rings (SSSR count). The van der Waals surface area contributed by atoms with Crippen LogP contribution >= 0.6 is 0 Å². The zero-order valence-corrected chi connectivity index (χ0v) is 10.3. The molecule has 0 radical (unpaired) electrons. The number of nitrogens with zero attached hydrogens (tertiary/aromatic N) is 4. The summed E-state index contributed by atoms with van der Waals surface area (Å²) in [6.45, 7) is 1.09. The number of aliphatic carboxylic acids is 1. The van der Waals surface area contributed by atoms with Gasteiger partial charge < -0.3 is 14.7 Å². The maximum Gasteiger partial charge on any atom is 0.329 e. The molecule has 1 aromatic rings. The Balaban J connectivity index is 1.93. The van der Waals surface area contributed by atoms with E-state index in [0.717, 1.165) is 0 Å². The standard InChI is InChI=1S/C12H14N4O3/c13-7-10-12(15-4-3-14-10)16-5-1-9(2-6-16)19-8-11(17)18/h3-4,9H,1-2,5-6,8H2,(H,17,18). The number of piperidine rings is 1. The van der Waals surface area contributed by atoms with Gasteiger partial charge in [0, 0.05) is 25.5 Å². The highest BCUT2D eigenvalue weighted by Crippen LogP contribution is 2.21. The Morgan fingerprint density at radius 1 is 1.47 bits per heavy atom. The van der Waals surface area contributed by atoms with E-state index in [1.165, 1.54) is 6.20 Å². The van der Waals surface area contributed by atoms with Crippen LogP contribution in [0.25, 0.3) is 0 Å². The van der Waals surface area contributed by atoms with Gasteiger partial charge in [0.05, 0.1) is 6.10 Å². The Bertz CT molecular complexity index is 492. The molecule has 7 heteroatoms. The maximum atomic E-state index is 10.4. The third-order valence-electron chi connectivity index (χ3n) is 2.97. The number of hydrogen-bond donors (Lipinski definition) is 1. The second-order valence-corrected chi connectivity index (χ2v) is 4.23. The van der Waals surface area contributed by atoms with Crippen molar-refractivity contribution >= 4 is 11.8 Å². The topological polar surface area (TPSA) is 99.3 Å². The highest BCUT2D eigenvalue weighted by molar-refractivity contribution is 5.68. The summed E-state index contributed by atoms with van der Waals surface area (Å²) in [6, 6.07) is 2.02. The van der Waals surface area contributed by atoms with E-state index in [2.05, 4.69) is 9.97 Å². The first kappa shape index (κ1) is 13.2. The summed E-state index contributed by atoms with van der Waals surface area (Å²) in [6.07, 6.45) is 4.44. The summed E-state index contributed by atoms with van der Waals surface area (Å²) in [4.78, 5) is 20.6. The first-order valence-corrected chi connectivity index (χ1v) is 6.00. The van der Waals surface area contributed by atoms with Gasteiger partial charge in [-0.2, -0.15) is 5.26 Å². The predicted molar refractivity (Wildman–Crippen MR) is 65.6 cm³/mol. The van der Waals surface area contributed by atoms with Gasteiger partial charge in [-0.1, -0.05) is 0 Å². The molecule has 2 heterocycles. The van der Waals surface area contributed by atoms with Gasteiger partial charge in [-0.05, 0) is 12.8 Å². The van der Waals surface area contributed by atoms with Crippen LogP contribution in [0, 0.1) is 11.3 Å². The highest BCUT2D eigenvalue weighted by atomic mass is 16.5. The molecular weight excluding hydrogens is 248 g/mol. The number of ether oxygens (including phenoxy) is 1. The minimum atomic E-state index is -0.955. The molecule has 1 aliphatic rings. The minimum Gasteiger partial charge on any atom is -0.480 e. The SMILES string of the molecule is N#Cc1nccnc1N1CCC(OCC(=O)O)CC1. The van der Waals surface area contributed by atoms with E-state index in [1.807, 2.05) is 11.0 Å². The van der Waals surface area contributed by atoms with Crippen LogP contribution in [0.1, 0.15) is 18.5 Å². The van der Waals surface area contributed by atoms with Crippen LogP contribution < -0.4 is 4.90 Å². The highest BCUT2D eigenvalue weighted by Gasteiger charge is 2.23. The number of carbonyl (C=O) groups is 1.